The first-order valence-electron chi connectivity index (χ1n) is 5.04. The van der Waals surface area contributed by atoms with Crippen LogP contribution in [0.1, 0.15) is 35.7 Å². The van der Waals surface area contributed by atoms with Gasteiger partial charge in [0.05, 0.1) is 18.1 Å². The molecular formula is C12H14O4. The van der Waals surface area contributed by atoms with E-state index in [1.54, 1.807) is 19.9 Å². The summed E-state index contributed by atoms with van der Waals surface area (Å²) >= 11 is 0. The molecule has 4 nitrogen and oxygen atoms in total. The standard InChI is InChI=1S/C12H14O4/c1-3-16-12(15)8(2)9-4-5-11(14)10(6-9)7-13/h4-8,14H,3H2,1-2H3. The molecule has 0 aliphatic heterocycles. The third-order valence-electron chi connectivity index (χ3n) is 2.32. The normalized spacial score (nSPS) is 11.9. The van der Waals surface area contributed by atoms with Crippen molar-refractivity contribution in [1.29, 1.82) is 0 Å². The third-order valence-corrected chi connectivity index (χ3v) is 2.32. The van der Waals surface area contributed by atoms with Crippen molar-refractivity contribution in [3.8, 4) is 5.75 Å². The lowest BCUT2D eigenvalue weighted by molar-refractivity contribution is -0.144. The van der Waals surface area contributed by atoms with Gasteiger partial charge >= 0.3 is 5.97 Å². The Morgan fingerprint density at radius 1 is 1.56 bits per heavy atom. The maximum absolute atomic E-state index is 11.5. The van der Waals surface area contributed by atoms with Crippen molar-refractivity contribution in [3.63, 3.8) is 0 Å². The van der Waals surface area contributed by atoms with E-state index < -0.39 is 5.92 Å². The first-order chi connectivity index (χ1) is 7.60. The fourth-order valence-electron chi connectivity index (χ4n) is 1.34. The molecule has 1 atom stereocenters. The average molecular weight is 222 g/mol. The monoisotopic (exact) mass is 222 g/mol. The number of ether oxygens (including phenoxy) is 1. The molecule has 0 saturated carbocycles. The van der Waals surface area contributed by atoms with Crippen molar-refractivity contribution in [2.75, 3.05) is 6.61 Å². The second kappa shape index (κ2) is 5.30. The van der Waals surface area contributed by atoms with Gasteiger partial charge in [0.2, 0.25) is 0 Å². The van der Waals surface area contributed by atoms with Gasteiger partial charge in [0.25, 0.3) is 0 Å². The van der Waals surface area contributed by atoms with E-state index in [-0.39, 0.29) is 17.3 Å². The average Bonchev–Trinajstić information content (AvgIpc) is 2.29. The number of hydrogen-bond acceptors (Lipinski definition) is 4. The highest BCUT2D eigenvalue weighted by Crippen LogP contribution is 2.23. The number of esters is 1. The van der Waals surface area contributed by atoms with E-state index in [9.17, 15) is 14.7 Å². The Bertz CT molecular complexity index is 398. The highest BCUT2D eigenvalue weighted by molar-refractivity contribution is 5.82. The number of phenols is 1. The van der Waals surface area contributed by atoms with Crippen molar-refractivity contribution >= 4 is 12.3 Å². The van der Waals surface area contributed by atoms with E-state index in [1.165, 1.54) is 12.1 Å². The minimum atomic E-state index is -0.445. The molecule has 0 fully saturated rings. The Kier molecular flexibility index (Phi) is 4.05. The third kappa shape index (κ3) is 2.59. The zero-order chi connectivity index (χ0) is 12.1. The smallest absolute Gasteiger partial charge is 0.313 e. The Labute approximate surface area is 93.9 Å². The molecule has 1 aromatic rings. The van der Waals surface area contributed by atoms with Gasteiger partial charge in [0.15, 0.2) is 6.29 Å². The summed E-state index contributed by atoms with van der Waals surface area (Å²) in [5, 5.41) is 9.31. The van der Waals surface area contributed by atoms with Crippen molar-refractivity contribution < 1.29 is 19.4 Å². The van der Waals surface area contributed by atoms with Crippen LogP contribution in [-0.4, -0.2) is 24.0 Å². The number of aldehydes is 1. The number of benzene rings is 1. The quantitative estimate of drug-likeness (QED) is 0.624. The molecule has 0 aliphatic carbocycles. The van der Waals surface area contributed by atoms with Gasteiger partial charge in [-0.25, -0.2) is 0 Å². The summed E-state index contributed by atoms with van der Waals surface area (Å²) in [6.45, 7) is 3.75. The van der Waals surface area contributed by atoms with E-state index in [0.29, 0.717) is 18.5 Å². The molecule has 4 heteroatoms. The number of carbonyl (C=O) groups excluding carboxylic acids is 2. The van der Waals surface area contributed by atoms with Crippen LogP contribution in [0.4, 0.5) is 0 Å². The van der Waals surface area contributed by atoms with Crippen molar-refractivity contribution in [2.24, 2.45) is 0 Å². The largest absolute Gasteiger partial charge is 0.507 e. The van der Waals surface area contributed by atoms with Gasteiger partial charge < -0.3 is 9.84 Å². The van der Waals surface area contributed by atoms with E-state index in [1.807, 2.05) is 0 Å². The van der Waals surface area contributed by atoms with E-state index in [2.05, 4.69) is 0 Å². The summed E-state index contributed by atoms with van der Waals surface area (Å²) < 4.78 is 4.87. The molecule has 0 radical (unpaired) electrons. The van der Waals surface area contributed by atoms with Crippen LogP contribution in [-0.2, 0) is 9.53 Å². The zero-order valence-electron chi connectivity index (χ0n) is 9.27. The first kappa shape index (κ1) is 12.2. The molecule has 1 N–H and O–H groups in total. The van der Waals surface area contributed by atoms with Crippen LogP contribution in [0.5, 0.6) is 5.75 Å². The summed E-state index contributed by atoms with van der Waals surface area (Å²) in [5.74, 6) is -0.876. The van der Waals surface area contributed by atoms with Crippen LogP contribution in [0.3, 0.4) is 0 Å². The van der Waals surface area contributed by atoms with Crippen LogP contribution in [0.25, 0.3) is 0 Å². The fraction of sp³-hybridized carbons (Fsp3) is 0.333. The van der Waals surface area contributed by atoms with Gasteiger partial charge in [-0.05, 0) is 31.5 Å². The summed E-state index contributed by atoms with van der Waals surface area (Å²) in [6.07, 6.45) is 0.552. The van der Waals surface area contributed by atoms with Crippen molar-refractivity contribution in [1.82, 2.24) is 0 Å². The molecule has 0 amide bonds. The molecule has 86 valence electrons. The lowest BCUT2D eigenvalue weighted by atomic mass is 9.99. The highest BCUT2D eigenvalue weighted by atomic mass is 16.5. The molecule has 0 heterocycles. The van der Waals surface area contributed by atoms with E-state index >= 15 is 0 Å². The lowest BCUT2D eigenvalue weighted by Gasteiger charge is -2.11. The van der Waals surface area contributed by atoms with Crippen molar-refractivity contribution in [3.05, 3.63) is 29.3 Å². The molecular weight excluding hydrogens is 208 g/mol. The summed E-state index contributed by atoms with van der Waals surface area (Å²) in [4.78, 5) is 22.1. The minimum absolute atomic E-state index is 0.0881. The Morgan fingerprint density at radius 3 is 2.81 bits per heavy atom. The van der Waals surface area contributed by atoms with Crippen LogP contribution in [0, 0.1) is 0 Å². The fourth-order valence-corrected chi connectivity index (χ4v) is 1.34. The number of rotatable bonds is 4. The van der Waals surface area contributed by atoms with Gasteiger partial charge in [-0.1, -0.05) is 6.07 Å². The molecule has 1 rings (SSSR count). The van der Waals surface area contributed by atoms with Gasteiger partial charge in [0, 0.05) is 0 Å². The van der Waals surface area contributed by atoms with Crippen LogP contribution < -0.4 is 0 Å². The summed E-state index contributed by atoms with van der Waals surface area (Å²) in [7, 11) is 0. The summed E-state index contributed by atoms with van der Waals surface area (Å²) in [6, 6.07) is 4.49. The SMILES string of the molecule is CCOC(=O)C(C)c1ccc(O)c(C=O)c1. The van der Waals surface area contributed by atoms with Crippen molar-refractivity contribution in [2.45, 2.75) is 19.8 Å². The second-order valence-corrected chi connectivity index (χ2v) is 3.41. The molecule has 16 heavy (non-hydrogen) atoms. The molecule has 0 spiro atoms. The van der Waals surface area contributed by atoms with Gasteiger partial charge in [0.1, 0.15) is 5.75 Å². The molecule has 1 aromatic carbocycles. The Hall–Kier alpha value is -1.84. The number of aromatic hydroxyl groups is 1. The Balaban J connectivity index is 2.95. The predicted octanol–water partition coefficient (Wildman–Crippen LogP) is 1.87. The lowest BCUT2D eigenvalue weighted by Crippen LogP contribution is -2.13. The van der Waals surface area contributed by atoms with Crippen LogP contribution in [0.2, 0.25) is 0 Å². The molecule has 0 aliphatic rings. The first-order valence-corrected chi connectivity index (χ1v) is 5.04. The van der Waals surface area contributed by atoms with Gasteiger partial charge in [-0.15, -0.1) is 0 Å². The Morgan fingerprint density at radius 2 is 2.25 bits per heavy atom. The maximum atomic E-state index is 11.5. The van der Waals surface area contributed by atoms with Crippen LogP contribution in [0.15, 0.2) is 18.2 Å². The number of phenolic OH excluding ortho intramolecular Hbond substituents is 1. The zero-order valence-corrected chi connectivity index (χ0v) is 9.27. The minimum Gasteiger partial charge on any atom is -0.507 e. The second-order valence-electron chi connectivity index (χ2n) is 3.41. The summed E-state index contributed by atoms with van der Waals surface area (Å²) in [5.41, 5.74) is 0.826. The van der Waals surface area contributed by atoms with Gasteiger partial charge in [-0.3, -0.25) is 9.59 Å². The topological polar surface area (TPSA) is 63.6 Å². The maximum Gasteiger partial charge on any atom is 0.313 e. The predicted molar refractivity (Wildman–Crippen MR) is 58.5 cm³/mol. The molecule has 0 aromatic heterocycles. The number of hydrogen-bond donors (Lipinski definition) is 1. The molecule has 0 saturated heterocycles. The highest BCUT2D eigenvalue weighted by Gasteiger charge is 2.17. The van der Waals surface area contributed by atoms with E-state index in [4.69, 9.17) is 4.74 Å². The number of carbonyl (C=O) groups is 2. The van der Waals surface area contributed by atoms with E-state index in [0.717, 1.165) is 0 Å². The van der Waals surface area contributed by atoms with Crippen LogP contribution >= 0.6 is 0 Å². The molecule has 1 unspecified atom stereocenters. The molecule has 0 bridgehead atoms. The van der Waals surface area contributed by atoms with Gasteiger partial charge in [-0.2, -0.15) is 0 Å².